The summed E-state index contributed by atoms with van der Waals surface area (Å²) in [7, 11) is 0. The van der Waals surface area contributed by atoms with Crippen LogP contribution in [0.1, 0.15) is 32.3 Å². The SMILES string of the molecule is CCNC(=O)CN=C(NCC)N1CCC(Cc2ccccc2)CC1. The highest BCUT2D eigenvalue weighted by atomic mass is 16.1. The van der Waals surface area contributed by atoms with Gasteiger partial charge in [-0.1, -0.05) is 30.3 Å². The van der Waals surface area contributed by atoms with Crippen molar-refractivity contribution in [2.24, 2.45) is 10.9 Å². The van der Waals surface area contributed by atoms with Crippen LogP contribution in [0.4, 0.5) is 0 Å². The molecule has 0 unspecified atom stereocenters. The molecule has 2 rings (SSSR count). The fourth-order valence-corrected chi connectivity index (χ4v) is 3.12. The van der Waals surface area contributed by atoms with Crippen molar-refractivity contribution >= 4 is 11.9 Å². The van der Waals surface area contributed by atoms with Crippen LogP contribution < -0.4 is 10.6 Å². The minimum Gasteiger partial charge on any atom is -0.357 e. The second-order valence-corrected chi connectivity index (χ2v) is 6.24. The van der Waals surface area contributed by atoms with Gasteiger partial charge in [0.1, 0.15) is 6.54 Å². The van der Waals surface area contributed by atoms with Gasteiger partial charge in [0.05, 0.1) is 0 Å². The van der Waals surface area contributed by atoms with Gasteiger partial charge < -0.3 is 15.5 Å². The van der Waals surface area contributed by atoms with Gasteiger partial charge in [-0.05, 0) is 44.6 Å². The van der Waals surface area contributed by atoms with Gasteiger partial charge in [-0.2, -0.15) is 0 Å². The Labute approximate surface area is 145 Å². The number of likely N-dealkylation sites (tertiary alicyclic amines) is 1. The Morgan fingerprint density at radius 3 is 2.42 bits per heavy atom. The molecule has 0 saturated carbocycles. The molecule has 1 aliphatic rings. The van der Waals surface area contributed by atoms with E-state index in [1.54, 1.807) is 0 Å². The molecule has 0 bridgehead atoms. The summed E-state index contributed by atoms with van der Waals surface area (Å²) in [6.45, 7) is 7.64. The van der Waals surface area contributed by atoms with Crippen LogP contribution in [0.3, 0.4) is 0 Å². The molecule has 0 atom stereocenters. The number of carbonyl (C=O) groups excluding carboxylic acids is 1. The zero-order valence-electron chi connectivity index (χ0n) is 14.9. The molecule has 2 N–H and O–H groups in total. The predicted octanol–water partition coefficient (Wildman–Crippen LogP) is 2.04. The van der Waals surface area contributed by atoms with Crippen molar-refractivity contribution in [3.05, 3.63) is 35.9 Å². The Morgan fingerprint density at radius 2 is 1.79 bits per heavy atom. The number of hydrogen-bond donors (Lipinski definition) is 2. The van der Waals surface area contributed by atoms with Crippen LogP contribution in [0.15, 0.2) is 35.3 Å². The maximum atomic E-state index is 11.6. The number of guanidine groups is 1. The first kappa shape index (κ1) is 18.3. The van der Waals surface area contributed by atoms with E-state index in [4.69, 9.17) is 0 Å². The second-order valence-electron chi connectivity index (χ2n) is 6.24. The predicted molar refractivity (Wildman–Crippen MR) is 99.1 cm³/mol. The average Bonchev–Trinajstić information content (AvgIpc) is 2.60. The Hall–Kier alpha value is -2.04. The normalized spacial score (nSPS) is 16.1. The highest BCUT2D eigenvalue weighted by Crippen LogP contribution is 2.21. The Morgan fingerprint density at radius 1 is 1.12 bits per heavy atom. The molecule has 1 aliphatic heterocycles. The summed E-state index contributed by atoms with van der Waals surface area (Å²) in [5.41, 5.74) is 1.42. The maximum Gasteiger partial charge on any atom is 0.241 e. The number of likely N-dealkylation sites (N-methyl/N-ethyl adjacent to an activating group) is 1. The largest absolute Gasteiger partial charge is 0.357 e. The van der Waals surface area contributed by atoms with E-state index in [2.05, 4.69) is 57.8 Å². The number of carbonyl (C=O) groups is 1. The van der Waals surface area contributed by atoms with E-state index in [1.807, 2.05) is 6.92 Å². The lowest BCUT2D eigenvalue weighted by molar-refractivity contribution is -0.119. The molecule has 1 heterocycles. The van der Waals surface area contributed by atoms with E-state index < -0.39 is 0 Å². The molecule has 132 valence electrons. The zero-order chi connectivity index (χ0) is 17.2. The Kier molecular flexibility index (Phi) is 7.59. The first-order chi connectivity index (χ1) is 11.7. The summed E-state index contributed by atoms with van der Waals surface area (Å²) < 4.78 is 0. The Bertz CT molecular complexity index is 521. The van der Waals surface area contributed by atoms with Crippen LogP contribution >= 0.6 is 0 Å². The molecule has 1 saturated heterocycles. The lowest BCUT2D eigenvalue weighted by atomic mass is 9.90. The minimum absolute atomic E-state index is 0.0214. The summed E-state index contributed by atoms with van der Waals surface area (Å²) in [5, 5.41) is 6.10. The molecule has 1 amide bonds. The minimum atomic E-state index is -0.0214. The molecule has 0 aliphatic carbocycles. The number of amides is 1. The highest BCUT2D eigenvalue weighted by molar-refractivity contribution is 5.85. The third-order valence-corrected chi connectivity index (χ3v) is 4.36. The fraction of sp³-hybridized carbons (Fsp3) is 0.579. The van der Waals surface area contributed by atoms with Gasteiger partial charge in [0.25, 0.3) is 0 Å². The van der Waals surface area contributed by atoms with Gasteiger partial charge in [0, 0.05) is 26.2 Å². The number of rotatable bonds is 6. The quantitative estimate of drug-likeness (QED) is 0.620. The first-order valence-electron chi connectivity index (χ1n) is 9.06. The first-order valence-corrected chi connectivity index (χ1v) is 9.06. The number of benzene rings is 1. The maximum absolute atomic E-state index is 11.6. The van der Waals surface area contributed by atoms with Gasteiger partial charge in [-0.15, -0.1) is 0 Å². The number of piperidine rings is 1. The van der Waals surface area contributed by atoms with Crippen LogP contribution in [0.25, 0.3) is 0 Å². The van der Waals surface area contributed by atoms with Crippen molar-refractivity contribution in [3.63, 3.8) is 0 Å². The molecule has 0 spiro atoms. The van der Waals surface area contributed by atoms with Crippen molar-refractivity contribution in [1.29, 1.82) is 0 Å². The molecule has 1 fully saturated rings. The van der Waals surface area contributed by atoms with Crippen molar-refractivity contribution < 1.29 is 4.79 Å². The standard InChI is InChI=1S/C19H30N4O/c1-3-20-18(24)15-22-19(21-4-2)23-12-10-17(11-13-23)14-16-8-6-5-7-9-16/h5-9,17H,3-4,10-15H2,1-2H3,(H,20,24)(H,21,22). The molecule has 1 aromatic rings. The van der Waals surface area contributed by atoms with Gasteiger partial charge in [0.2, 0.25) is 5.91 Å². The monoisotopic (exact) mass is 330 g/mol. The lowest BCUT2D eigenvalue weighted by Crippen LogP contribution is -2.46. The third kappa shape index (κ3) is 5.87. The Balaban J connectivity index is 1.85. The number of nitrogens with zero attached hydrogens (tertiary/aromatic N) is 2. The van der Waals surface area contributed by atoms with Crippen molar-refractivity contribution in [3.8, 4) is 0 Å². The number of nitrogens with one attached hydrogen (secondary N) is 2. The molecule has 0 aromatic heterocycles. The third-order valence-electron chi connectivity index (χ3n) is 4.36. The summed E-state index contributed by atoms with van der Waals surface area (Å²) in [5.74, 6) is 1.57. The van der Waals surface area contributed by atoms with Gasteiger partial charge in [-0.25, -0.2) is 4.99 Å². The molecular weight excluding hydrogens is 300 g/mol. The molecule has 24 heavy (non-hydrogen) atoms. The zero-order valence-corrected chi connectivity index (χ0v) is 14.9. The molecule has 0 radical (unpaired) electrons. The molecule has 1 aromatic carbocycles. The number of hydrogen-bond acceptors (Lipinski definition) is 2. The van der Waals surface area contributed by atoms with Crippen LogP contribution in [0.2, 0.25) is 0 Å². The fourth-order valence-electron chi connectivity index (χ4n) is 3.12. The van der Waals surface area contributed by atoms with Gasteiger partial charge in [-0.3, -0.25) is 4.79 Å². The number of aliphatic imine (C=N–C) groups is 1. The van der Waals surface area contributed by atoms with E-state index in [0.717, 1.165) is 37.9 Å². The van der Waals surface area contributed by atoms with Crippen LogP contribution in [-0.4, -0.2) is 49.5 Å². The molecule has 5 heteroatoms. The van der Waals surface area contributed by atoms with Gasteiger partial charge in [0.15, 0.2) is 5.96 Å². The molecular formula is C19H30N4O. The smallest absolute Gasteiger partial charge is 0.241 e. The van der Waals surface area contributed by atoms with E-state index in [-0.39, 0.29) is 12.5 Å². The molecule has 5 nitrogen and oxygen atoms in total. The second kappa shape index (κ2) is 9.96. The summed E-state index contributed by atoms with van der Waals surface area (Å²) in [6, 6.07) is 10.7. The van der Waals surface area contributed by atoms with E-state index >= 15 is 0 Å². The summed E-state index contributed by atoms with van der Waals surface area (Å²) >= 11 is 0. The van der Waals surface area contributed by atoms with Crippen LogP contribution in [-0.2, 0) is 11.2 Å². The summed E-state index contributed by atoms with van der Waals surface area (Å²) in [6.07, 6.45) is 3.49. The van der Waals surface area contributed by atoms with E-state index in [1.165, 1.54) is 18.4 Å². The van der Waals surface area contributed by atoms with E-state index in [0.29, 0.717) is 6.54 Å². The average molecular weight is 330 g/mol. The topological polar surface area (TPSA) is 56.7 Å². The highest BCUT2D eigenvalue weighted by Gasteiger charge is 2.21. The van der Waals surface area contributed by atoms with Crippen molar-refractivity contribution in [2.45, 2.75) is 33.1 Å². The van der Waals surface area contributed by atoms with Crippen LogP contribution in [0.5, 0.6) is 0 Å². The van der Waals surface area contributed by atoms with E-state index in [9.17, 15) is 4.79 Å². The van der Waals surface area contributed by atoms with Crippen molar-refractivity contribution in [1.82, 2.24) is 15.5 Å². The van der Waals surface area contributed by atoms with Crippen molar-refractivity contribution in [2.75, 3.05) is 32.7 Å². The van der Waals surface area contributed by atoms with Crippen LogP contribution in [0, 0.1) is 5.92 Å². The van der Waals surface area contributed by atoms with Gasteiger partial charge >= 0.3 is 0 Å². The lowest BCUT2D eigenvalue weighted by Gasteiger charge is -2.34. The summed E-state index contributed by atoms with van der Waals surface area (Å²) in [4.78, 5) is 18.4.